The Labute approximate surface area is 192 Å². The average molecular weight is 454 g/mol. The Morgan fingerprint density at radius 1 is 1.18 bits per heavy atom. The fraction of sp³-hybridized carbons (Fsp3) is 0.360. The number of hydrogen-bond acceptors (Lipinski definition) is 6. The number of piperidine rings is 1. The Morgan fingerprint density at radius 2 is 1.94 bits per heavy atom. The smallest absolute Gasteiger partial charge is 0.260 e. The van der Waals surface area contributed by atoms with E-state index in [1.807, 2.05) is 6.07 Å². The maximum Gasteiger partial charge on any atom is 0.260 e. The van der Waals surface area contributed by atoms with E-state index in [1.165, 1.54) is 26.4 Å². The summed E-state index contributed by atoms with van der Waals surface area (Å²) in [7, 11) is 3.08. The largest absolute Gasteiger partial charge is 0.493 e. The number of carbonyl (C=O) groups excluding carboxylic acids is 1. The summed E-state index contributed by atoms with van der Waals surface area (Å²) in [6.07, 6.45) is 3.87. The summed E-state index contributed by atoms with van der Waals surface area (Å²) in [5.74, 6) is 2.29. The summed E-state index contributed by atoms with van der Waals surface area (Å²) >= 11 is 0. The molecule has 1 fully saturated rings. The van der Waals surface area contributed by atoms with E-state index in [-0.39, 0.29) is 24.2 Å². The highest BCUT2D eigenvalue weighted by molar-refractivity contribution is 5.78. The number of amides is 1. The van der Waals surface area contributed by atoms with E-state index in [0.29, 0.717) is 48.4 Å². The van der Waals surface area contributed by atoms with Gasteiger partial charge in [0.2, 0.25) is 5.75 Å². The Morgan fingerprint density at radius 3 is 2.67 bits per heavy atom. The van der Waals surface area contributed by atoms with Gasteiger partial charge in [-0.2, -0.15) is 0 Å². The highest BCUT2D eigenvalue weighted by atomic mass is 19.1. The minimum Gasteiger partial charge on any atom is -0.493 e. The monoisotopic (exact) mass is 454 g/mol. The van der Waals surface area contributed by atoms with Gasteiger partial charge in [0.1, 0.15) is 11.6 Å². The maximum atomic E-state index is 13.4. The third kappa shape index (κ3) is 5.45. The lowest BCUT2D eigenvalue weighted by Gasteiger charge is -2.31. The third-order valence-electron chi connectivity index (χ3n) is 5.68. The first-order valence-electron chi connectivity index (χ1n) is 10.9. The molecule has 2 heterocycles. The number of carbonyl (C=O) groups is 1. The number of rotatable bonds is 8. The number of hydrogen-bond donors (Lipinski definition) is 0. The topological polar surface area (TPSA) is 74.0 Å². The molecule has 0 unspecified atom stereocenters. The van der Waals surface area contributed by atoms with Gasteiger partial charge in [-0.05, 0) is 42.7 Å². The summed E-state index contributed by atoms with van der Waals surface area (Å²) in [5, 5.41) is 0. The molecule has 0 saturated carbocycles. The fourth-order valence-electron chi connectivity index (χ4n) is 4.03. The van der Waals surface area contributed by atoms with E-state index in [9.17, 15) is 9.18 Å². The van der Waals surface area contributed by atoms with Gasteiger partial charge in [0.05, 0.1) is 26.3 Å². The van der Waals surface area contributed by atoms with Gasteiger partial charge in [0.15, 0.2) is 24.0 Å². The lowest BCUT2D eigenvalue weighted by Crippen LogP contribution is -2.41. The number of likely N-dealkylation sites (tertiary alicyclic amines) is 1. The quantitative estimate of drug-likeness (QED) is 0.508. The SMILES string of the molecule is COc1cccc(OC)c1OCC(=O)N1CCC[C@@H](c2ncc(Cc3cccc(F)c3)o2)C1. The van der Waals surface area contributed by atoms with Gasteiger partial charge in [0, 0.05) is 19.5 Å². The van der Waals surface area contributed by atoms with Gasteiger partial charge in [-0.15, -0.1) is 0 Å². The molecule has 1 aromatic heterocycles. The number of ether oxygens (including phenoxy) is 3. The normalized spacial score (nSPS) is 15.8. The van der Waals surface area contributed by atoms with Crippen LogP contribution in [0.25, 0.3) is 0 Å². The Hall–Kier alpha value is -3.55. The van der Waals surface area contributed by atoms with Crippen LogP contribution < -0.4 is 14.2 Å². The molecule has 1 saturated heterocycles. The summed E-state index contributed by atoms with van der Waals surface area (Å²) < 4.78 is 35.8. The number of oxazole rings is 1. The molecule has 3 aromatic rings. The lowest BCUT2D eigenvalue weighted by atomic mass is 9.98. The molecule has 1 aliphatic rings. The molecule has 8 heteroatoms. The predicted molar refractivity (Wildman–Crippen MR) is 119 cm³/mol. The van der Waals surface area contributed by atoms with Crippen LogP contribution in [0.4, 0.5) is 4.39 Å². The van der Waals surface area contributed by atoms with Crippen molar-refractivity contribution in [2.45, 2.75) is 25.2 Å². The van der Waals surface area contributed by atoms with Crippen molar-refractivity contribution in [1.29, 1.82) is 0 Å². The molecule has 2 aromatic carbocycles. The maximum absolute atomic E-state index is 13.4. The Bertz CT molecular complexity index is 1080. The molecule has 0 spiro atoms. The second-order valence-corrected chi connectivity index (χ2v) is 7.93. The molecule has 4 rings (SSSR count). The molecule has 1 atom stereocenters. The van der Waals surface area contributed by atoms with Crippen molar-refractivity contribution in [3.05, 3.63) is 71.7 Å². The highest BCUT2D eigenvalue weighted by Crippen LogP contribution is 2.37. The second kappa shape index (κ2) is 10.4. The zero-order valence-corrected chi connectivity index (χ0v) is 18.8. The zero-order valence-electron chi connectivity index (χ0n) is 18.8. The van der Waals surface area contributed by atoms with Crippen LogP contribution in [0, 0.1) is 5.82 Å². The Kier molecular flexibility index (Phi) is 7.12. The zero-order chi connectivity index (χ0) is 23.2. The van der Waals surface area contributed by atoms with Gasteiger partial charge < -0.3 is 23.5 Å². The van der Waals surface area contributed by atoms with Crippen LogP contribution in [0.15, 0.2) is 53.1 Å². The van der Waals surface area contributed by atoms with Crippen molar-refractivity contribution in [1.82, 2.24) is 9.88 Å². The number of methoxy groups -OCH3 is 2. The van der Waals surface area contributed by atoms with Crippen LogP contribution in [-0.4, -0.2) is 49.7 Å². The van der Waals surface area contributed by atoms with Crippen LogP contribution in [0.3, 0.4) is 0 Å². The summed E-state index contributed by atoms with van der Waals surface area (Å²) in [4.78, 5) is 19.1. The van der Waals surface area contributed by atoms with Gasteiger partial charge >= 0.3 is 0 Å². The van der Waals surface area contributed by atoms with Crippen molar-refractivity contribution in [3.63, 3.8) is 0 Å². The first kappa shape index (κ1) is 22.6. The van der Waals surface area contributed by atoms with Crippen molar-refractivity contribution < 1.29 is 27.8 Å². The number of benzene rings is 2. The number of nitrogens with zero attached hydrogens (tertiary/aromatic N) is 2. The summed E-state index contributed by atoms with van der Waals surface area (Å²) in [6, 6.07) is 11.7. The van der Waals surface area contributed by atoms with Crippen LogP contribution in [0.2, 0.25) is 0 Å². The van der Waals surface area contributed by atoms with Gasteiger partial charge in [-0.1, -0.05) is 18.2 Å². The summed E-state index contributed by atoms with van der Waals surface area (Å²) in [5.41, 5.74) is 0.821. The Balaban J connectivity index is 1.37. The van der Waals surface area contributed by atoms with Gasteiger partial charge in [-0.3, -0.25) is 4.79 Å². The molecular weight excluding hydrogens is 427 g/mol. The van der Waals surface area contributed by atoms with Crippen molar-refractivity contribution in [2.75, 3.05) is 33.9 Å². The van der Waals surface area contributed by atoms with E-state index >= 15 is 0 Å². The first-order valence-corrected chi connectivity index (χ1v) is 10.9. The molecule has 0 aliphatic carbocycles. The van der Waals surface area contributed by atoms with Crippen LogP contribution >= 0.6 is 0 Å². The molecule has 7 nitrogen and oxygen atoms in total. The van der Waals surface area contributed by atoms with Gasteiger partial charge in [-0.25, -0.2) is 9.37 Å². The average Bonchev–Trinajstić information content (AvgIpc) is 3.30. The molecule has 0 N–H and O–H groups in total. The molecule has 33 heavy (non-hydrogen) atoms. The molecule has 1 aliphatic heterocycles. The molecule has 0 radical (unpaired) electrons. The van der Waals surface area contributed by atoms with E-state index in [1.54, 1.807) is 35.4 Å². The van der Waals surface area contributed by atoms with Gasteiger partial charge in [0.25, 0.3) is 5.91 Å². The summed E-state index contributed by atoms with van der Waals surface area (Å²) in [6.45, 7) is 1.03. The van der Waals surface area contributed by atoms with Crippen LogP contribution in [0.1, 0.15) is 36.0 Å². The third-order valence-corrected chi connectivity index (χ3v) is 5.68. The molecule has 174 valence electrons. The molecular formula is C25H27FN2O5. The molecule has 1 amide bonds. The first-order chi connectivity index (χ1) is 16.1. The predicted octanol–water partition coefficient (Wildman–Crippen LogP) is 4.21. The van der Waals surface area contributed by atoms with Crippen LogP contribution in [-0.2, 0) is 11.2 Å². The highest BCUT2D eigenvalue weighted by Gasteiger charge is 2.28. The van der Waals surface area contributed by atoms with E-state index < -0.39 is 0 Å². The fourth-order valence-corrected chi connectivity index (χ4v) is 4.03. The van der Waals surface area contributed by atoms with E-state index in [4.69, 9.17) is 18.6 Å². The van der Waals surface area contributed by atoms with Crippen molar-refractivity contribution in [2.24, 2.45) is 0 Å². The number of halogens is 1. The van der Waals surface area contributed by atoms with Crippen molar-refractivity contribution in [3.8, 4) is 17.2 Å². The molecule has 0 bridgehead atoms. The van der Waals surface area contributed by atoms with Crippen molar-refractivity contribution >= 4 is 5.91 Å². The van der Waals surface area contributed by atoms with E-state index in [0.717, 1.165) is 18.4 Å². The minimum absolute atomic E-state index is 0.00440. The minimum atomic E-state index is -0.276. The lowest BCUT2D eigenvalue weighted by molar-refractivity contribution is -0.134. The number of aromatic nitrogens is 1. The number of para-hydroxylation sites is 1. The van der Waals surface area contributed by atoms with E-state index in [2.05, 4.69) is 4.98 Å². The standard InChI is InChI=1S/C25H27FN2O5/c1-30-21-9-4-10-22(31-2)24(21)32-16-23(29)28-11-5-7-18(15-28)25-27-14-20(33-25)13-17-6-3-8-19(26)12-17/h3-4,6,8-10,12,14,18H,5,7,11,13,15-16H2,1-2H3/t18-/m1/s1. The van der Waals surface area contributed by atoms with Crippen LogP contribution in [0.5, 0.6) is 17.2 Å². The second-order valence-electron chi connectivity index (χ2n) is 7.93.